The van der Waals surface area contributed by atoms with E-state index in [0.717, 1.165) is 6.42 Å². The Morgan fingerprint density at radius 1 is 1.44 bits per heavy atom. The summed E-state index contributed by atoms with van der Waals surface area (Å²) in [5, 5.41) is 22.9. The molecule has 2 aliphatic rings. The number of alkyl halides is 2. The predicted octanol–water partition coefficient (Wildman–Crippen LogP) is 0.169. The molecule has 0 saturated carbocycles. The number of nitrogens with one attached hydrogen (secondary N) is 1. The zero-order chi connectivity index (χ0) is 13.3. The SMILES string of the molecule is CCCNC1=N[C@@H]2[C@@H](O)[C@H](O)[C@@H](C(F)F)O[C@@H]2S1. The largest absolute Gasteiger partial charge is 0.388 e. The quantitative estimate of drug-likeness (QED) is 0.688. The molecule has 2 rings (SSSR count). The Hall–Kier alpha value is -0.440. The summed E-state index contributed by atoms with van der Waals surface area (Å²) in [6.45, 7) is 2.70. The van der Waals surface area contributed by atoms with Gasteiger partial charge in [-0.3, -0.25) is 4.99 Å². The molecule has 0 aliphatic carbocycles. The van der Waals surface area contributed by atoms with E-state index in [0.29, 0.717) is 11.7 Å². The van der Waals surface area contributed by atoms with Crippen molar-refractivity contribution >= 4 is 16.9 Å². The minimum absolute atomic E-state index is 0.563. The fourth-order valence-corrected chi connectivity index (χ4v) is 3.04. The third-order valence-corrected chi connectivity index (χ3v) is 3.97. The van der Waals surface area contributed by atoms with Gasteiger partial charge in [0, 0.05) is 6.54 Å². The monoisotopic (exact) mass is 282 g/mol. The van der Waals surface area contributed by atoms with Gasteiger partial charge in [0.15, 0.2) is 5.17 Å². The molecule has 1 saturated heterocycles. The molecule has 0 radical (unpaired) electrons. The van der Waals surface area contributed by atoms with Crippen LogP contribution in [0.3, 0.4) is 0 Å². The van der Waals surface area contributed by atoms with Crippen LogP contribution in [0.2, 0.25) is 0 Å². The molecule has 2 heterocycles. The first kappa shape index (κ1) is 14.0. The van der Waals surface area contributed by atoms with Gasteiger partial charge in [0.05, 0.1) is 0 Å². The summed E-state index contributed by atoms with van der Waals surface area (Å²) in [5.41, 5.74) is -0.665. The third kappa shape index (κ3) is 2.61. The summed E-state index contributed by atoms with van der Waals surface area (Å²) in [6, 6.07) is -0.695. The number of rotatable bonds is 3. The van der Waals surface area contributed by atoms with Crippen molar-refractivity contribution in [3.63, 3.8) is 0 Å². The summed E-state index contributed by atoms with van der Waals surface area (Å²) < 4.78 is 30.4. The zero-order valence-corrected chi connectivity index (χ0v) is 10.6. The lowest BCUT2D eigenvalue weighted by Gasteiger charge is -2.37. The van der Waals surface area contributed by atoms with Gasteiger partial charge in [-0.1, -0.05) is 18.7 Å². The van der Waals surface area contributed by atoms with Crippen molar-refractivity contribution in [3.05, 3.63) is 0 Å². The number of nitrogens with zero attached hydrogens (tertiary/aromatic N) is 1. The fraction of sp³-hybridized carbons (Fsp3) is 0.900. The van der Waals surface area contributed by atoms with Crippen LogP contribution in [0.25, 0.3) is 0 Å². The lowest BCUT2D eigenvalue weighted by Crippen LogP contribution is -2.56. The number of hydrogen-bond acceptors (Lipinski definition) is 6. The Bertz CT molecular complexity index is 332. The molecular formula is C10H16F2N2O3S. The number of aliphatic hydroxyl groups excluding tert-OH is 2. The first-order valence-electron chi connectivity index (χ1n) is 5.82. The summed E-state index contributed by atoms with van der Waals surface area (Å²) in [7, 11) is 0. The van der Waals surface area contributed by atoms with E-state index in [-0.39, 0.29) is 0 Å². The van der Waals surface area contributed by atoms with Gasteiger partial charge in [-0.15, -0.1) is 0 Å². The summed E-state index contributed by atoms with van der Waals surface area (Å²) in [4.78, 5) is 4.16. The Morgan fingerprint density at radius 3 is 2.78 bits per heavy atom. The Morgan fingerprint density at radius 2 is 2.17 bits per heavy atom. The van der Waals surface area contributed by atoms with Crippen molar-refractivity contribution < 1.29 is 23.7 Å². The highest BCUT2D eigenvalue weighted by Crippen LogP contribution is 2.37. The normalized spacial score (nSPS) is 39.7. The highest BCUT2D eigenvalue weighted by molar-refractivity contribution is 8.14. The number of aliphatic hydroxyl groups is 2. The van der Waals surface area contributed by atoms with Crippen molar-refractivity contribution in [2.45, 2.75) is 49.6 Å². The highest BCUT2D eigenvalue weighted by atomic mass is 32.2. The van der Waals surface area contributed by atoms with Gasteiger partial charge >= 0.3 is 0 Å². The lowest BCUT2D eigenvalue weighted by molar-refractivity contribution is -0.193. The van der Waals surface area contributed by atoms with E-state index in [1.807, 2.05) is 6.92 Å². The standard InChI is InChI=1S/C10H16F2N2O3S/c1-2-3-13-10-14-4-5(15)6(16)7(8(11)12)17-9(4)18-10/h4-9,15-16H,2-3H2,1H3,(H,13,14)/t4-,5-,6+,7+,9-/m1/s1. The van der Waals surface area contributed by atoms with E-state index in [2.05, 4.69) is 10.3 Å². The molecule has 5 nitrogen and oxygen atoms in total. The number of ether oxygens (including phenoxy) is 1. The fourth-order valence-electron chi connectivity index (χ4n) is 1.91. The molecule has 0 aromatic heterocycles. The van der Waals surface area contributed by atoms with Crippen LogP contribution < -0.4 is 5.32 Å². The van der Waals surface area contributed by atoms with E-state index in [4.69, 9.17) is 4.74 Å². The molecule has 0 unspecified atom stereocenters. The molecule has 0 spiro atoms. The van der Waals surface area contributed by atoms with Crippen LogP contribution in [0.15, 0.2) is 4.99 Å². The first-order valence-corrected chi connectivity index (χ1v) is 6.70. The molecule has 8 heteroatoms. The van der Waals surface area contributed by atoms with E-state index in [1.54, 1.807) is 0 Å². The summed E-state index contributed by atoms with van der Waals surface area (Å²) in [5.74, 6) is 0. The second-order valence-corrected chi connectivity index (χ2v) is 5.34. The van der Waals surface area contributed by atoms with Gasteiger partial charge in [-0.2, -0.15) is 0 Å². The van der Waals surface area contributed by atoms with Crippen molar-refractivity contribution in [2.75, 3.05) is 6.54 Å². The molecule has 104 valence electrons. The number of thioether (sulfide) groups is 1. The molecule has 3 N–H and O–H groups in total. The number of hydrogen-bond donors (Lipinski definition) is 3. The second kappa shape index (κ2) is 5.68. The second-order valence-electron chi connectivity index (χ2n) is 4.25. The van der Waals surface area contributed by atoms with Gasteiger partial charge in [0.25, 0.3) is 6.43 Å². The maximum Gasteiger partial charge on any atom is 0.267 e. The van der Waals surface area contributed by atoms with Crippen molar-refractivity contribution in [1.29, 1.82) is 0 Å². The maximum absolute atomic E-state index is 12.6. The Kier molecular flexibility index (Phi) is 4.41. The molecular weight excluding hydrogens is 266 g/mol. The minimum Gasteiger partial charge on any atom is -0.388 e. The molecule has 1 fully saturated rings. The molecule has 5 atom stereocenters. The van der Waals surface area contributed by atoms with Crippen LogP contribution in [0.1, 0.15) is 13.3 Å². The van der Waals surface area contributed by atoms with Crippen LogP contribution >= 0.6 is 11.8 Å². The third-order valence-electron chi connectivity index (χ3n) is 2.88. The van der Waals surface area contributed by atoms with Crippen LogP contribution in [0, 0.1) is 0 Å². The van der Waals surface area contributed by atoms with Crippen LogP contribution in [-0.4, -0.2) is 58.1 Å². The average molecular weight is 282 g/mol. The van der Waals surface area contributed by atoms with Gasteiger partial charge in [0.2, 0.25) is 0 Å². The van der Waals surface area contributed by atoms with E-state index in [1.165, 1.54) is 11.8 Å². The van der Waals surface area contributed by atoms with E-state index >= 15 is 0 Å². The molecule has 0 aromatic rings. The lowest BCUT2D eigenvalue weighted by atomic mass is 9.98. The van der Waals surface area contributed by atoms with Crippen molar-refractivity contribution in [1.82, 2.24) is 5.32 Å². The average Bonchev–Trinajstić information content (AvgIpc) is 2.74. The number of halogens is 2. The Balaban J connectivity index is 2.04. The summed E-state index contributed by atoms with van der Waals surface area (Å²) >= 11 is 1.17. The Labute approximate surface area is 108 Å². The molecule has 18 heavy (non-hydrogen) atoms. The number of amidine groups is 1. The minimum atomic E-state index is -2.83. The molecule has 0 amide bonds. The van der Waals surface area contributed by atoms with Crippen LogP contribution in [0.4, 0.5) is 8.78 Å². The first-order chi connectivity index (χ1) is 8.54. The topological polar surface area (TPSA) is 74.1 Å². The smallest absolute Gasteiger partial charge is 0.267 e. The van der Waals surface area contributed by atoms with Gasteiger partial charge < -0.3 is 20.3 Å². The van der Waals surface area contributed by atoms with Crippen LogP contribution in [0.5, 0.6) is 0 Å². The van der Waals surface area contributed by atoms with Gasteiger partial charge in [0.1, 0.15) is 29.8 Å². The van der Waals surface area contributed by atoms with E-state index < -0.39 is 36.2 Å². The van der Waals surface area contributed by atoms with E-state index in [9.17, 15) is 19.0 Å². The molecule has 0 bridgehead atoms. The van der Waals surface area contributed by atoms with Crippen molar-refractivity contribution in [2.24, 2.45) is 4.99 Å². The highest BCUT2D eigenvalue weighted by Gasteiger charge is 2.50. The number of aliphatic imine (C=N–C) groups is 1. The zero-order valence-electron chi connectivity index (χ0n) is 9.79. The van der Waals surface area contributed by atoms with Crippen LogP contribution in [-0.2, 0) is 4.74 Å². The maximum atomic E-state index is 12.6. The number of fused-ring (bicyclic) bond motifs is 1. The molecule has 2 aliphatic heterocycles. The van der Waals surface area contributed by atoms with Crippen molar-refractivity contribution in [3.8, 4) is 0 Å². The summed E-state index contributed by atoms with van der Waals surface area (Å²) in [6.07, 6.45) is -6.52. The predicted molar refractivity (Wildman–Crippen MR) is 63.8 cm³/mol. The van der Waals surface area contributed by atoms with Gasteiger partial charge in [-0.25, -0.2) is 8.78 Å². The van der Waals surface area contributed by atoms with Gasteiger partial charge in [-0.05, 0) is 6.42 Å². The molecule has 0 aromatic carbocycles.